The normalized spacial score (nSPS) is 21.5. The molecule has 10 nitrogen and oxygen atoms in total. The van der Waals surface area contributed by atoms with Crippen molar-refractivity contribution >= 4 is 29.9 Å². The van der Waals surface area contributed by atoms with Gasteiger partial charge in [0.05, 0.1) is 6.04 Å². The van der Waals surface area contributed by atoms with Crippen LogP contribution in [0.4, 0.5) is 0 Å². The zero-order valence-corrected chi connectivity index (χ0v) is 21.4. The van der Waals surface area contributed by atoms with E-state index in [4.69, 9.17) is 4.74 Å². The molecule has 10 heteroatoms. The SMILES string of the molecule is CC(C)C[C@H](NC(=O)[C@@H](NC(=O)C1CCOCC1)C(C)C)C(=O)N[C@H](C=O)C[C@@H]1CCCNC1=O. The molecule has 2 aliphatic rings. The van der Waals surface area contributed by atoms with Crippen molar-refractivity contribution in [3.8, 4) is 0 Å². The summed E-state index contributed by atoms with van der Waals surface area (Å²) in [7, 11) is 0. The van der Waals surface area contributed by atoms with Gasteiger partial charge < -0.3 is 30.8 Å². The van der Waals surface area contributed by atoms with Crippen LogP contribution in [0, 0.1) is 23.7 Å². The molecular formula is C25H42N4O6. The first-order valence-electron chi connectivity index (χ1n) is 12.8. The van der Waals surface area contributed by atoms with Crippen LogP contribution in [0.15, 0.2) is 0 Å². The molecule has 2 saturated heterocycles. The smallest absolute Gasteiger partial charge is 0.243 e. The zero-order chi connectivity index (χ0) is 26.0. The second kappa shape index (κ2) is 14.2. The molecule has 2 aliphatic heterocycles. The molecule has 0 aromatic heterocycles. The summed E-state index contributed by atoms with van der Waals surface area (Å²) in [5.41, 5.74) is 0. The molecule has 35 heavy (non-hydrogen) atoms. The summed E-state index contributed by atoms with van der Waals surface area (Å²) in [5.74, 6) is -1.81. The van der Waals surface area contributed by atoms with Crippen molar-refractivity contribution < 1.29 is 28.7 Å². The van der Waals surface area contributed by atoms with Crippen LogP contribution in [0.5, 0.6) is 0 Å². The van der Waals surface area contributed by atoms with Crippen molar-refractivity contribution in [3.05, 3.63) is 0 Å². The van der Waals surface area contributed by atoms with Gasteiger partial charge in [0.25, 0.3) is 0 Å². The number of carbonyl (C=O) groups excluding carboxylic acids is 5. The van der Waals surface area contributed by atoms with Crippen molar-refractivity contribution in [2.45, 2.75) is 84.3 Å². The third-order valence-corrected chi connectivity index (χ3v) is 6.61. The minimum atomic E-state index is -0.869. The Hall–Kier alpha value is -2.49. The molecule has 2 heterocycles. The lowest BCUT2D eigenvalue weighted by Gasteiger charge is -2.29. The maximum absolute atomic E-state index is 13.2. The molecule has 0 bridgehead atoms. The van der Waals surface area contributed by atoms with E-state index in [2.05, 4.69) is 21.3 Å². The van der Waals surface area contributed by atoms with E-state index in [9.17, 15) is 24.0 Å². The summed E-state index contributed by atoms with van der Waals surface area (Å²) in [6.45, 7) is 9.21. The van der Waals surface area contributed by atoms with Gasteiger partial charge in [-0.2, -0.15) is 0 Å². The number of hydrogen-bond donors (Lipinski definition) is 4. The molecule has 4 N–H and O–H groups in total. The lowest BCUT2D eigenvalue weighted by Crippen LogP contribution is -2.57. The number of carbonyl (C=O) groups is 5. The fraction of sp³-hybridized carbons (Fsp3) is 0.800. The zero-order valence-electron chi connectivity index (χ0n) is 21.4. The van der Waals surface area contributed by atoms with Gasteiger partial charge in [0, 0.05) is 31.6 Å². The van der Waals surface area contributed by atoms with Gasteiger partial charge in [-0.25, -0.2) is 0 Å². The number of hydrogen-bond acceptors (Lipinski definition) is 6. The summed E-state index contributed by atoms with van der Waals surface area (Å²) in [6, 6.07) is -2.48. The molecule has 0 aliphatic carbocycles. The Labute approximate surface area is 208 Å². The lowest BCUT2D eigenvalue weighted by atomic mass is 9.91. The second-order valence-corrected chi connectivity index (χ2v) is 10.4. The number of rotatable bonds is 12. The van der Waals surface area contributed by atoms with Gasteiger partial charge in [-0.1, -0.05) is 27.7 Å². The van der Waals surface area contributed by atoms with Gasteiger partial charge in [0.2, 0.25) is 23.6 Å². The van der Waals surface area contributed by atoms with E-state index in [0.717, 1.165) is 6.42 Å². The highest BCUT2D eigenvalue weighted by Gasteiger charge is 2.33. The molecule has 0 unspecified atom stereocenters. The van der Waals surface area contributed by atoms with E-state index in [1.807, 2.05) is 27.7 Å². The Morgan fingerprint density at radius 3 is 2.29 bits per heavy atom. The molecule has 0 spiro atoms. The highest BCUT2D eigenvalue weighted by atomic mass is 16.5. The van der Waals surface area contributed by atoms with Crippen LogP contribution >= 0.6 is 0 Å². The number of nitrogens with one attached hydrogen (secondary N) is 4. The summed E-state index contributed by atoms with van der Waals surface area (Å²) < 4.78 is 5.31. The van der Waals surface area contributed by atoms with E-state index >= 15 is 0 Å². The van der Waals surface area contributed by atoms with E-state index < -0.39 is 29.9 Å². The van der Waals surface area contributed by atoms with E-state index in [1.54, 1.807) is 0 Å². The summed E-state index contributed by atoms with van der Waals surface area (Å²) >= 11 is 0. The average Bonchev–Trinajstić information content (AvgIpc) is 2.82. The first kappa shape index (κ1) is 28.7. The minimum Gasteiger partial charge on any atom is -0.381 e. The predicted octanol–water partition coefficient (Wildman–Crippen LogP) is 0.685. The van der Waals surface area contributed by atoms with Crippen molar-refractivity contribution in [1.82, 2.24) is 21.3 Å². The first-order valence-corrected chi connectivity index (χ1v) is 12.8. The van der Waals surface area contributed by atoms with Gasteiger partial charge in [0.1, 0.15) is 18.4 Å². The van der Waals surface area contributed by atoms with Gasteiger partial charge >= 0.3 is 0 Å². The predicted molar refractivity (Wildman–Crippen MR) is 130 cm³/mol. The maximum Gasteiger partial charge on any atom is 0.243 e. The van der Waals surface area contributed by atoms with Crippen molar-refractivity contribution in [2.75, 3.05) is 19.8 Å². The van der Waals surface area contributed by atoms with Gasteiger partial charge in [-0.3, -0.25) is 19.2 Å². The molecule has 0 saturated carbocycles. The number of ether oxygens (including phenoxy) is 1. The van der Waals surface area contributed by atoms with Crippen molar-refractivity contribution in [1.29, 1.82) is 0 Å². The van der Waals surface area contributed by atoms with Crippen molar-refractivity contribution in [3.63, 3.8) is 0 Å². The molecular weight excluding hydrogens is 452 g/mol. The molecule has 198 valence electrons. The Kier molecular flexibility index (Phi) is 11.6. The fourth-order valence-corrected chi connectivity index (χ4v) is 4.53. The van der Waals surface area contributed by atoms with Crippen LogP contribution in [0.2, 0.25) is 0 Å². The summed E-state index contributed by atoms with van der Waals surface area (Å²) in [5, 5.41) is 11.1. The van der Waals surface area contributed by atoms with Gasteiger partial charge in [0.15, 0.2) is 0 Å². The number of aldehydes is 1. The van der Waals surface area contributed by atoms with E-state index in [0.29, 0.717) is 51.7 Å². The molecule has 0 aromatic rings. The third kappa shape index (κ3) is 9.23. The van der Waals surface area contributed by atoms with E-state index in [1.165, 1.54) is 0 Å². The third-order valence-electron chi connectivity index (χ3n) is 6.61. The molecule has 2 rings (SSSR count). The Balaban J connectivity index is 2.03. The van der Waals surface area contributed by atoms with Crippen LogP contribution in [0.1, 0.15) is 66.2 Å². The quantitative estimate of drug-likeness (QED) is 0.294. The van der Waals surface area contributed by atoms with Crippen LogP contribution in [-0.4, -0.2) is 67.8 Å². The van der Waals surface area contributed by atoms with E-state index in [-0.39, 0.29) is 41.9 Å². The summed E-state index contributed by atoms with van der Waals surface area (Å²) in [6.07, 6.45) is 3.95. The molecule has 2 fully saturated rings. The monoisotopic (exact) mass is 494 g/mol. The van der Waals surface area contributed by atoms with Gasteiger partial charge in [-0.15, -0.1) is 0 Å². The average molecular weight is 495 g/mol. The first-order chi connectivity index (χ1) is 16.6. The highest BCUT2D eigenvalue weighted by molar-refractivity contribution is 5.93. The lowest BCUT2D eigenvalue weighted by molar-refractivity contribution is -0.136. The van der Waals surface area contributed by atoms with Crippen LogP contribution in [0.25, 0.3) is 0 Å². The fourth-order valence-electron chi connectivity index (χ4n) is 4.53. The number of amides is 4. The Bertz CT molecular complexity index is 750. The second-order valence-electron chi connectivity index (χ2n) is 10.4. The van der Waals surface area contributed by atoms with Crippen LogP contribution in [0.3, 0.4) is 0 Å². The molecule has 4 atom stereocenters. The minimum absolute atomic E-state index is 0.0965. The maximum atomic E-state index is 13.2. The Morgan fingerprint density at radius 2 is 1.71 bits per heavy atom. The van der Waals surface area contributed by atoms with Crippen molar-refractivity contribution in [2.24, 2.45) is 23.7 Å². The number of piperidine rings is 1. The highest BCUT2D eigenvalue weighted by Crippen LogP contribution is 2.18. The molecule has 0 aromatic carbocycles. The summed E-state index contributed by atoms with van der Waals surface area (Å²) in [4.78, 5) is 62.7. The standard InChI is InChI=1S/C25H42N4O6/c1-15(2)12-20(24(33)27-19(14-30)13-18-6-5-9-26-22(18)31)28-25(34)21(16(3)4)29-23(32)17-7-10-35-11-8-17/h14-21H,5-13H2,1-4H3,(H,26,31)(H,27,33)(H,28,34)(H,29,32)/t18-,19-,20-,21-/m0/s1. The topological polar surface area (TPSA) is 143 Å². The van der Waals surface area contributed by atoms with Crippen LogP contribution < -0.4 is 21.3 Å². The van der Waals surface area contributed by atoms with Gasteiger partial charge in [-0.05, 0) is 50.4 Å². The van der Waals surface area contributed by atoms with Crippen LogP contribution in [-0.2, 0) is 28.7 Å². The molecule has 4 amide bonds. The molecule has 0 radical (unpaired) electrons. The largest absolute Gasteiger partial charge is 0.381 e. The Morgan fingerprint density at radius 1 is 1.03 bits per heavy atom.